The van der Waals surface area contributed by atoms with Crippen LogP contribution in [0.2, 0.25) is 0 Å². The van der Waals surface area contributed by atoms with Crippen LogP contribution in [0, 0.1) is 5.92 Å². The molecule has 0 saturated heterocycles. The quantitative estimate of drug-likeness (QED) is 0.766. The van der Waals surface area contributed by atoms with Gasteiger partial charge in [0.1, 0.15) is 5.75 Å². The summed E-state index contributed by atoms with van der Waals surface area (Å²) >= 11 is 0. The molecule has 0 heterocycles. The summed E-state index contributed by atoms with van der Waals surface area (Å²) in [5.74, 6) is 2.38. The molecule has 2 aromatic carbocycles. The van der Waals surface area contributed by atoms with E-state index in [-0.39, 0.29) is 0 Å². The Labute approximate surface area is 102 Å². The second kappa shape index (κ2) is 4.62. The van der Waals surface area contributed by atoms with Gasteiger partial charge in [-0.25, -0.2) is 0 Å². The Kier molecular flexibility index (Phi) is 2.83. The molecule has 0 radical (unpaired) electrons. The molecule has 1 heteroatoms. The van der Waals surface area contributed by atoms with E-state index in [1.807, 2.05) is 30.3 Å². The minimum absolute atomic E-state index is 0.692. The second-order valence-electron chi connectivity index (χ2n) is 4.64. The van der Waals surface area contributed by atoms with Crippen molar-refractivity contribution in [1.82, 2.24) is 0 Å². The Balaban J connectivity index is 1.53. The molecule has 1 nitrogen and oxygen atoms in total. The monoisotopic (exact) mass is 224 g/mol. The van der Waals surface area contributed by atoms with Crippen LogP contribution in [0.15, 0.2) is 60.7 Å². The first-order valence-corrected chi connectivity index (χ1v) is 6.16. The van der Waals surface area contributed by atoms with E-state index in [9.17, 15) is 0 Å². The molecule has 2 atom stereocenters. The molecular formula is C16H16O. The van der Waals surface area contributed by atoms with Crippen molar-refractivity contribution >= 4 is 0 Å². The molecule has 0 spiro atoms. The largest absolute Gasteiger partial charge is 0.493 e. The van der Waals surface area contributed by atoms with Crippen LogP contribution in [0.5, 0.6) is 5.75 Å². The summed E-state index contributed by atoms with van der Waals surface area (Å²) in [5, 5.41) is 0. The van der Waals surface area contributed by atoms with Gasteiger partial charge in [0, 0.05) is 5.92 Å². The van der Waals surface area contributed by atoms with E-state index in [4.69, 9.17) is 4.74 Å². The molecule has 0 N–H and O–H groups in total. The van der Waals surface area contributed by atoms with Crippen LogP contribution < -0.4 is 4.74 Å². The molecule has 3 rings (SSSR count). The van der Waals surface area contributed by atoms with Gasteiger partial charge in [0.05, 0.1) is 6.61 Å². The molecule has 1 aliphatic rings. The zero-order chi connectivity index (χ0) is 11.5. The van der Waals surface area contributed by atoms with Gasteiger partial charge in [0.25, 0.3) is 0 Å². The summed E-state index contributed by atoms with van der Waals surface area (Å²) in [5.41, 5.74) is 1.45. The van der Waals surface area contributed by atoms with Crippen LogP contribution in [0.1, 0.15) is 17.9 Å². The Morgan fingerprint density at radius 2 is 1.53 bits per heavy atom. The van der Waals surface area contributed by atoms with Crippen LogP contribution in [0.25, 0.3) is 0 Å². The Morgan fingerprint density at radius 3 is 2.24 bits per heavy atom. The van der Waals surface area contributed by atoms with E-state index in [0.29, 0.717) is 11.8 Å². The van der Waals surface area contributed by atoms with Crippen molar-refractivity contribution in [2.45, 2.75) is 12.3 Å². The van der Waals surface area contributed by atoms with Crippen molar-refractivity contribution in [3.05, 3.63) is 66.2 Å². The number of para-hydroxylation sites is 1. The number of ether oxygens (including phenoxy) is 1. The fraction of sp³-hybridized carbons (Fsp3) is 0.250. The van der Waals surface area contributed by atoms with Gasteiger partial charge < -0.3 is 4.74 Å². The number of hydrogen-bond acceptors (Lipinski definition) is 1. The predicted molar refractivity (Wildman–Crippen MR) is 69.2 cm³/mol. The van der Waals surface area contributed by atoms with Crippen LogP contribution in [0.4, 0.5) is 0 Å². The smallest absolute Gasteiger partial charge is 0.119 e. The molecule has 0 aromatic heterocycles. The Morgan fingerprint density at radius 1 is 0.882 bits per heavy atom. The van der Waals surface area contributed by atoms with Gasteiger partial charge in [-0.3, -0.25) is 0 Å². The molecule has 86 valence electrons. The van der Waals surface area contributed by atoms with Gasteiger partial charge >= 0.3 is 0 Å². The lowest BCUT2D eigenvalue weighted by atomic mass is 10.1. The fourth-order valence-electron chi connectivity index (χ4n) is 2.26. The van der Waals surface area contributed by atoms with E-state index in [2.05, 4.69) is 30.3 Å². The van der Waals surface area contributed by atoms with E-state index in [1.54, 1.807) is 0 Å². The molecule has 0 amide bonds. The molecule has 1 aliphatic carbocycles. The Bertz CT molecular complexity index is 463. The number of hydrogen-bond donors (Lipinski definition) is 0. The first kappa shape index (κ1) is 10.4. The van der Waals surface area contributed by atoms with Gasteiger partial charge in [-0.05, 0) is 30.0 Å². The van der Waals surface area contributed by atoms with Crippen LogP contribution in [-0.4, -0.2) is 6.61 Å². The van der Waals surface area contributed by atoms with Crippen molar-refractivity contribution in [3.8, 4) is 5.75 Å². The highest BCUT2D eigenvalue weighted by atomic mass is 16.5. The minimum atomic E-state index is 0.692. The zero-order valence-corrected chi connectivity index (χ0v) is 9.75. The third kappa shape index (κ3) is 2.50. The molecule has 1 saturated carbocycles. The van der Waals surface area contributed by atoms with Gasteiger partial charge in [-0.1, -0.05) is 48.5 Å². The summed E-state index contributed by atoms with van der Waals surface area (Å²) < 4.78 is 5.78. The maximum absolute atomic E-state index is 5.78. The van der Waals surface area contributed by atoms with Gasteiger partial charge in [0.15, 0.2) is 0 Å². The highest BCUT2D eigenvalue weighted by molar-refractivity contribution is 5.26. The van der Waals surface area contributed by atoms with Crippen LogP contribution in [0.3, 0.4) is 0 Å². The standard InChI is InChI=1S/C16H16O/c1-3-7-13(8-4-1)16-11-14(16)12-17-15-9-5-2-6-10-15/h1-10,14,16H,11-12H2/t14-,16+/m0/s1. The average molecular weight is 224 g/mol. The first-order valence-electron chi connectivity index (χ1n) is 6.16. The van der Waals surface area contributed by atoms with Crippen molar-refractivity contribution < 1.29 is 4.74 Å². The molecule has 2 aromatic rings. The molecule has 0 aliphatic heterocycles. The van der Waals surface area contributed by atoms with E-state index >= 15 is 0 Å². The third-order valence-corrected chi connectivity index (χ3v) is 3.36. The second-order valence-corrected chi connectivity index (χ2v) is 4.64. The van der Waals surface area contributed by atoms with Crippen molar-refractivity contribution in [3.63, 3.8) is 0 Å². The lowest BCUT2D eigenvalue weighted by molar-refractivity contribution is 0.297. The minimum Gasteiger partial charge on any atom is -0.493 e. The SMILES string of the molecule is c1ccc(OC[C@@H]2C[C@@H]2c2ccccc2)cc1. The van der Waals surface area contributed by atoms with Gasteiger partial charge in [-0.2, -0.15) is 0 Å². The van der Waals surface area contributed by atoms with E-state index in [0.717, 1.165) is 12.4 Å². The molecule has 17 heavy (non-hydrogen) atoms. The summed E-state index contributed by atoms with van der Waals surface area (Å²) in [6, 6.07) is 20.8. The summed E-state index contributed by atoms with van der Waals surface area (Å²) in [4.78, 5) is 0. The third-order valence-electron chi connectivity index (χ3n) is 3.36. The zero-order valence-electron chi connectivity index (χ0n) is 9.75. The van der Waals surface area contributed by atoms with Gasteiger partial charge in [0.2, 0.25) is 0 Å². The molecule has 0 bridgehead atoms. The normalized spacial score (nSPS) is 22.1. The highest BCUT2D eigenvalue weighted by Gasteiger charge is 2.38. The topological polar surface area (TPSA) is 9.23 Å². The summed E-state index contributed by atoms with van der Waals surface area (Å²) in [7, 11) is 0. The Hall–Kier alpha value is -1.76. The summed E-state index contributed by atoms with van der Waals surface area (Å²) in [6.07, 6.45) is 1.26. The molecule has 1 fully saturated rings. The maximum atomic E-state index is 5.78. The van der Waals surface area contributed by atoms with Crippen LogP contribution >= 0.6 is 0 Å². The number of benzene rings is 2. The average Bonchev–Trinajstić information content (AvgIpc) is 3.18. The van der Waals surface area contributed by atoms with Crippen molar-refractivity contribution in [1.29, 1.82) is 0 Å². The molecule has 0 unspecified atom stereocenters. The highest BCUT2D eigenvalue weighted by Crippen LogP contribution is 2.47. The van der Waals surface area contributed by atoms with Crippen LogP contribution in [-0.2, 0) is 0 Å². The summed E-state index contributed by atoms with van der Waals surface area (Å²) in [6.45, 7) is 0.837. The fourth-order valence-corrected chi connectivity index (χ4v) is 2.26. The van der Waals surface area contributed by atoms with Crippen molar-refractivity contribution in [2.24, 2.45) is 5.92 Å². The number of rotatable bonds is 4. The predicted octanol–water partition coefficient (Wildman–Crippen LogP) is 3.87. The van der Waals surface area contributed by atoms with Crippen molar-refractivity contribution in [2.75, 3.05) is 6.61 Å². The van der Waals surface area contributed by atoms with E-state index < -0.39 is 0 Å². The van der Waals surface area contributed by atoms with Gasteiger partial charge in [-0.15, -0.1) is 0 Å². The lowest BCUT2D eigenvalue weighted by Crippen LogP contribution is -2.00. The van der Waals surface area contributed by atoms with E-state index in [1.165, 1.54) is 12.0 Å². The molecular weight excluding hydrogens is 208 g/mol. The first-order chi connectivity index (χ1) is 8.43. The maximum Gasteiger partial charge on any atom is 0.119 e. The lowest BCUT2D eigenvalue weighted by Gasteiger charge is -2.05.